The molecule has 32 heavy (non-hydrogen) atoms. The number of thiazole rings is 1. The molecule has 168 valence electrons. The third-order valence-corrected chi connectivity index (χ3v) is 6.62. The Kier molecular flexibility index (Phi) is 5.94. The molecule has 1 aliphatic rings. The van der Waals surface area contributed by atoms with Crippen molar-refractivity contribution in [3.63, 3.8) is 0 Å². The second-order valence-corrected chi connectivity index (χ2v) is 10.6. The van der Waals surface area contributed by atoms with Crippen molar-refractivity contribution in [2.45, 2.75) is 47.1 Å². The maximum atomic E-state index is 13.3. The minimum atomic E-state index is -0.352. The van der Waals surface area contributed by atoms with Gasteiger partial charge in [0.2, 0.25) is 5.95 Å². The normalized spacial score (nSPS) is 15.5. The van der Waals surface area contributed by atoms with E-state index in [0.717, 1.165) is 10.6 Å². The number of Topliss-reactive ketones (excluding diaryl/α,β-unsaturated/α-hetero) is 1. The van der Waals surface area contributed by atoms with Crippen molar-refractivity contribution in [3.8, 4) is 0 Å². The van der Waals surface area contributed by atoms with Crippen LogP contribution in [0.5, 0.6) is 0 Å². The molecule has 1 N–H and O–H groups in total. The van der Waals surface area contributed by atoms with E-state index in [1.807, 2.05) is 46.8 Å². The number of pyridine rings is 1. The molecule has 0 aliphatic carbocycles. The number of hydrogen-bond acceptors (Lipinski definition) is 8. The Hall–Kier alpha value is -2.94. The summed E-state index contributed by atoms with van der Waals surface area (Å²) in [5.74, 6) is 0.655. The molecule has 3 aromatic heterocycles. The summed E-state index contributed by atoms with van der Waals surface area (Å²) in [5.41, 5.74) is 1.52. The van der Waals surface area contributed by atoms with Crippen molar-refractivity contribution in [2.75, 3.05) is 18.4 Å². The van der Waals surface area contributed by atoms with Gasteiger partial charge in [-0.05, 0) is 25.5 Å². The van der Waals surface area contributed by atoms with Gasteiger partial charge in [-0.3, -0.25) is 14.6 Å². The molecule has 1 unspecified atom stereocenters. The third kappa shape index (κ3) is 4.62. The standard InChI is InChI=1S/C23H28N6O2S/c1-13(16-7-6-8-24-10-16)25-22-27-18(19-20(28-22)26-14(2)32-19)21(31)29-11-15(12-29)9-17(30)23(3,4)5/h6-8,10,13,15H,9,11-12H2,1-5H3,(H,25,27,28). The van der Waals surface area contributed by atoms with Crippen LogP contribution in [0.3, 0.4) is 0 Å². The molecule has 3 aromatic rings. The van der Waals surface area contributed by atoms with Crippen LogP contribution in [0.4, 0.5) is 5.95 Å². The van der Waals surface area contributed by atoms with E-state index in [4.69, 9.17) is 0 Å². The molecular formula is C23H28N6O2S. The number of anilines is 1. The van der Waals surface area contributed by atoms with Gasteiger partial charge in [-0.15, -0.1) is 11.3 Å². The summed E-state index contributed by atoms with van der Waals surface area (Å²) in [6, 6.07) is 3.77. The van der Waals surface area contributed by atoms with Gasteiger partial charge in [0.05, 0.1) is 11.0 Å². The number of likely N-dealkylation sites (tertiary alicyclic amines) is 1. The predicted octanol–water partition coefficient (Wildman–Crippen LogP) is 4.04. The van der Waals surface area contributed by atoms with Gasteiger partial charge < -0.3 is 10.2 Å². The topological polar surface area (TPSA) is 101 Å². The molecule has 1 fully saturated rings. The quantitative estimate of drug-likeness (QED) is 0.602. The minimum Gasteiger partial charge on any atom is -0.348 e. The van der Waals surface area contributed by atoms with Crippen molar-refractivity contribution in [3.05, 3.63) is 40.8 Å². The molecule has 4 heterocycles. The highest BCUT2D eigenvalue weighted by Gasteiger charge is 2.36. The van der Waals surface area contributed by atoms with Crippen molar-refractivity contribution >= 4 is 39.3 Å². The molecule has 1 amide bonds. The van der Waals surface area contributed by atoms with E-state index in [2.05, 4.69) is 25.3 Å². The number of aryl methyl sites for hydroxylation is 1. The zero-order valence-corrected chi connectivity index (χ0v) is 19.9. The van der Waals surface area contributed by atoms with Crippen LogP contribution in [0.1, 0.15) is 61.2 Å². The molecule has 0 spiro atoms. The second kappa shape index (κ2) is 8.54. The van der Waals surface area contributed by atoms with Gasteiger partial charge in [0.15, 0.2) is 11.3 Å². The Morgan fingerprint density at radius 2 is 2.00 bits per heavy atom. The molecule has 0 bridgehead atoms. The average molecular weight is 453 g/mol. The number of carbonyl (C=O) groups is 2. The van der Waals surface area contributed by atoms with E-state index >= 15 is 0 Å². The maximum absolute atomic E-state index is 13.3. The van der Waals surface area contributed by atoms with E-state index in [-0.39, 0.29) is 29.1 Å². The first-order valence-electron chi connectivity index (χ1n) is 10.8. The summed E-state index contributed by atoms with van der Waals surface area (Å²) in [7, 11) is 0. The number of fused-ring (bicyclic) bond motifs is 1. The zero-order chi connectivity index (χ0) is 23.0. The summed E-state index contributed by atoms with van der Waals surface area (Å²) in [6.07, 6.45) is 4.01. The molecule has 9 heteroatoms. The number of rotatable bonds is 6. The van der Waals surface area contributed by atoms with E-state index in [0.29, 0.717) is 41.5 Å². The Bertz CT molecular complexity index is 1150. The molecule has 8 nitrogen and oxygen atoms in total. The summed E-state index contributed by atoms with van der Waals surface area (Å²) in [5, 5.41) is 4.10. The molecule has 1 atom stereocenters. The lowest BCUT2D eigenvalue weighted by molar-refractivity contribution is -0.128. The van der Waals surface area contributed by atoms with Gasteiger partial charge in [0.25, 0.3) is 5.91 Å². The summed E-state index contributed by atoms with van der Waals surface area (Å²) < 4.78 is 0.696. The molecule has 0 radical (unpaired) electrons. The predicted molar refractivity (Wildman–Crippen MR) is 125 cm³/mol. The maximum Gasteiger partial charge on any atom is 0.274 e. The van der Waals surface area contributed by atoms with Crippen molar-refractivity contribution in [2.24, 2.45) is 11.3 Å². The van der Waals surface area contributed by atoms with Crippen molar-refractivity contribution in [1.82, 2.24) is 24.8 Å². The van der Waals surface area contributed by atoms with Crippen LogP contribution in [0.25, 0.3) is 10.3 Å². The first-order valence-corrected chi connectivity index (χ1v) is 11.6. The van der Waals surface area contributed by atoms with Gasteiger partial charge in [0.1, 0.15) is 10.5 Å². The van der Waals surface area contributed by atoms with Gasteiger partial charge >= 0.3 is 0 Å². The highest BCUT2D eigenvalue weighted by atomic mass is 32.1. The van der Waals surface area contributed by atoms with Crippen LogP contribution in [-0.4, -0.2) is 49.6 Å². The van der Waals surface area contributed by atoms with Gasteiger partial charge in [-0.2, -0.15) is 4.98 Å². The fourth-order valence-corrected chi connectivity index (χ4v) is 4.47. The number of amides is 1. The average Bonchev–Trinajstić information content (AvgIpc) is 3.09. The first kappa shape index (κ1) is 22.3. The van der Waals surface area contributed by atoms with Crippen LogP contribution in [0, 0.1) is 18.3 Å². The number of hydrogen-bond donors (Lipinski definition) is 1. The van der Waals surface area contributed by atoms with Crippen molar-refractivity contribution < 1.29 is 9.59 Å². The van der Waals surface area contributed by atoms with Gasteiger partial charge in [-0.1, -0.05) is 26.8 Å². The largest absolute Gasteiger partial charge is 0.348 e. The van der Waals surface area contributed by atoms with Crippen LogP contribution in [0.2, 0.25) is 0 Å². The molecular weight excluding hydrogens is 424 g/mol. The summed E-state index contributed by atoms with van der Waals surface area (Å²) >= 11 is 1.42. The molecule has 1 aliphatic heterocycles. The first-order chi connectivity index (χ1) is 15.1. The minimum absolute atomic E-state index is 0.0827. The lowest BCUT2D eigenvalue weighted by Gasteiger charge is -2.39. The zero-order valence-electron chi connectivity index (χ0n) is 19.0. The Morgan fingerprint density at radius 3 is 2.66 bits per heavy atom. The summed E-state index contributed by atoms with van der Waals surface area (Å²) in [6.45, 7) is 10.8. The number of carbonyl (C=O) groups excluding carboxylic acids is 2. The SMILES string of the molecule is Cc1nc2nc(NC(C)c3cccnc3)nc(C(=O)N3CC(CC(=O)C(C)(C)C)C3)c2s1. The molecule has 0 saturated carbocycles. The number of nitrogens with one attached hydrogen (secondary N) is 1. The monoisotopic (exact) mass is 452 g/mol. The Morgan fingerprint density at radius 1 is 1.25 bits per heavy atom. The number of aromatic nitrogens is 4. The van der Waals surface area contributed by atoms with Crippen LogP contribution in [0.15, 0.2) is 24.5 Å². The summed E-state index contributed by atoms with van der Waals surface area (Å²) in [4.78, 5) is 45.1. The highest BCUT2D eigenvalue weighted by molar-refractivity contribution is 7.18. The fraction of sp³-hybridized carbons (Fsp3) is 0.478. The second-order valence-electron chi connectivity index (χ2n) is 9.39. The smallest absolute Gasteiger partial charge is 0.274 e. The van der Waals surface area contributed by atoms with E-state index < -0.39 is 0 Å². The van der Waals surface area contributed by atoms with Crippen molar-refractivity contribution in [1.29, 1.82) is 0 Å². The van der Waals surface area contributed by atoms with E-state index in [1.165, 1.54) is 11.3 Å². The molecule has 0 aromatic carbocycles. The van der Waals surface area contributed by atoms with E-state index in [1.54, 1.807) is 17.3 Å². The lowest BCUT2D eigenvalue weighted by atomic mass is 9.83. The van der Waals surface area contributed by atoms with E-state index in [9.17, 15) is 9.59 Å². The molecule has 4 rings (SSSR count). The third-order valence-electron chi connectivity index (χ3n) is 5.65. The lowest BCUT2D eigenvalue weighted by Crippen LogP contribution is -2.51. The van der Waals surface area contributed by atoms with Crippen LogP contribution >= 0.6 is 11.3 Å². The Balaban J connectivity index is 1.53. The molecule has 1 saturated heterocycles. The number of nitrogens with zero attached hydrogens (tertiary/aromatic N) is 5. The van der Waals surface area contributed by atoms with Gasteiger partial charge in [-0.25, -0.2) is 9.97 Å². The van der Waals surface area contributed by atoms with Crippen LogP contribution < -0.4 is 5.32 Å². The van der Waals surface area contributed by atoms with Gasteiger partial charge in [0, 0.05) is 43.2 Å². The highest BCUT2D eigenvalue weighted by Crippen LogP contribution is 2.30. The van der Waals surface area contributed by atoms with Crippen LogP contribution in [-0.2, 0) is 4.79 Å². The fourth-order valence-electron chi connectivity index (χ4n) is 3.63. The Labute approximate surface area is 191 Å². The number of ketones is 1.